The minimum absolute atomic E-state index is 0.0693. The molecule has 0 aliphatic heterocycles. The van der Waals surface area contributed by atoms with Crippen LogP contribution in [0.2, 0.25) is 0 Å². The van der Waals surface area contributed by atoms with Gasteiger partial charge in [-0.05, 0) is 55.0 Å². The molecule has 5 heteroatoms. The molecule has 0 fully saturated rings. The quantitative estimate of drug-likeness (QED) is 0.590. The summed E-state index contributed by atoms with van der Waals surface area (Å²) in [5.74, 6) is 1.63. The van der Waals surface area contributed by atoms with Crippen LogP contribution < -0.4 is 5.56 Å². The molecule has 2 aromatic heterocycles. The third-order valence-electron chi connectivity index (χ3n) is 5.39. The summed E-state index contributed by atoms with van der Waals surface area (Å²) in [6.07, 6.45) is 6.43. The second kappa shape index (κ2) is 9.70. The molecule has 0 saturated heterocycles. The summed E-state index contributed by atoms with van der Waals surface area (Å²) in [5, 5.41) is 10.6. The van der Waals surface area contributed by atoms with Crippen molar-refractivity contribution in [3.63, 3.8) is 0 Å². The molecule has 5 nitrogen and oxygen atoms in total. The van der Waals surface area contributed by atoms with Crippen molar-refractivity contribution >= 4 is 0 Å². The van der Waals surface area contributed by atoms with Crippen molar-refractivity contribution in [2.24, 2.45) is 0 Å². The van der Waals surface area contributed by atoms with E-state index in [1.54, 1.807) is 10.8 Å². The molecule has 0 aliphatic rings. The third-order valence-corrected chi connectivity index (χ3v) is 5.39. The lowest BCUT2D eigenvalue weighted by Crippen LogP contribution is -2.28. The molecule has 1 aromatic carbocycles. The molecule has 0 saturated carbocycles. The average molecular weight is 406 g/mol. The molecule has 2 heterocycles. The number of hydrogen-bond donors (Lipinski definition) is 1. The summed E-state index contributed by atoms with van der Waals surface area (Å²) in [6, 6.07) is 9.61. The monoisotopic (exact) mass is 405 g/mol. The predicted molar refractivity (Wildman–Crippen MR) is 121 cm³/mol. The number of hydrogen-bond acceptors (Lipinski definition) is 4. The van der Waals surface area contributed by atoms with Crippen molar-refractivity contribution in [3.8, 4) is 11.6 Å². The van der Waals surface area contributed by atoms with Crippen molar-refractivity contribution in [2.75, 3.05) is 0 Å². The molecule has 0 amide bonds. The molecule has 30 heavy (non-hydrogen) atoms. The molecular formula is C25H31N3O2. The first kappa shape index (κ1) is 21.8. The van der Waals surface area contributed by atoms with Gasteiger partial charge in [-0.25, -0.2) is 14.5 Å². The molecule has 0 spiro atoms. The van der Waals surface area contributed by atoms with Crippen LogP contribution in [0.1, 0.15) is 67.4 Å². The summed E-state index contributed by atoms with van der Waals surface area (Å²) >= 11 is 0. The van der Waals surface area contributed by atoms with Gasteiger partial charge < -0.3 is 5.11 Å². The highest BCUT2D eigenvalue weighted by molar-refractivity contribution is 5.46. The standard InChI is InChI=1S/C25H31N3O2/c1-5-10-19-14-18(15-20(11-6-2)24(19)29)16-21-22(7-3)27-17(4)28(25(21)30)23-12-8-9-13-26-23/h8-9,12-15,29H,5-7,10-11,16H2,1-4H3. The Kier molecular flexibility index (Phi) is 7.03. The molecular weight excluding hydrogens is 374 g/mol. The summed E-state index contributed by atoms with van der Waals surface area (Å²) < 4.78 is 1.59. The second-order valence-electron chi connectivity index (χ2n) is 7.71. The van der Waals surface area contributed by atoms with Crippen molar-refractivity contribution in [1.82, 2.24) is 14.5 Å². The fourth-order valence-electron chi connectivity index (χ4n) is 4.00. The van der Waals surface area contributed by atoms with Gasteiger partial charge in [0.25, 0.3) is 5.56 Å². The highest BCUT2D eigenvalue weighted by Crippen LogP contribution is 2.28. The average Bonchev–Trinajstić information content (AvgIpc) is 2.74. The van der Waals surface area contributed by atoms with Crippen LogP contribution >= 0.6 is 0 Å². The second-order valence-corrected chi connectivity index (χ2v) is 7.71. The SMILES string of the molecule is CCCc1cc(Cc2c(CC)nc(C)n(-c3ccccn3)c2=O)cc(CCC)c1O. The number of pyridine rings is 1. The van der Waals surface area contributed by atoms with Gasteiger partial charge in [-0.15, -0.1) is 0 Å². The number of aryl methyl sites for hydroxylation is 4. The molecule has 0 aliphatic carbocycles. The van der Waals surface area contributed by atoms with Gasteiger partial charge in [0.05, 0.1) is 5.69 Å². The Morgan fingerprint density at radius 3 is 2.23 bits per heavy atom. The van der Waals surface area contributed by atoms with Crippen molar-refractivity contribution in [1.29, 1.82) is 0 Å². The van der Waals surface area contributed by atoms with E-state index in [0.717, 1.165) is 48.1 Å². The Morgan fingerprint density at radius 2 is 1.70 bits per heavy atom. The minimum atomic E-state index is -0.0693. The van der Waals surface area contributed by atoms with Crippen molar-refractivity contribution < 1.29 is 5.11 Å². The van der Waals surface area contributed by atoms with E-state index in [0.29, 0.717) is 35.8 Å². The van der Waals surface area contributed by atoms with Crippen LogP contribution in [-0.2, 0) is 25.7 Å². The molecule has 0 bridgehead atoms. The molecule has 0 unspecified atom stereocenters. The zero-order chi connectivity index (χ0) is 21.7. The van der Waals surface area contributed by atoms with Crippen molar-refractivity contribution in [3.05, 3.63) is 80.7 Å². The first-order valence-electron chi connectivity index (χ1n) is 10.9. The van der Waals surface area contributed by atoms with E-state index < -0.39 is 0 Å². The molecule has 0 atom stereocenters. The summed E-state index contributed by atoms with van der Waals surface area (Å²) in [6.45, 7) is 8.09. The lowest BCUT2D eigenvalue weighted by Gasteiger charge is -2.16. The van der Waals surface area contributed by atoms with Gasteiger partial charge in [-0.2, -0.15) is 0 Å². The Bertz CT molecular complexity index is 1040. The Balaban J connectivity index is 2.14. The molecule has 0 radical (unpaired) electrons. The van der Waals surface area contributed by atoms with Gasteiger partial charge in [-0.1, -0.05) is 51.8 Å². The highest BCUT2D eigenvalue weighted by Gasteiger charge is 2.17. The normalized spacial score (nSPS) is 11.1. The fraction of sp³-hybridized carbons (Fsp3) is 0.400. The van der Waals surface area contributed by atoms with Crippen LogP contribution in [0.5, 0.6) is 5.75 Å². The number of aromatic hydroxyl groups is 1. The number of aromatic nitrogens is 3. The van der Waals surface area contributed by atoms with Gasteiger partial charge in [0.15, 0.2) is 0 Å². The Morgan fingerprint density at radius 1 is 1.03 bits per heavy atom. The van der Waals surface area contributed by atoms with E-state index in [9.17, 15) is 9.90 Å². The maximum Gasteiger partial charge on any atom is 0.263 e. The minimum Gasteiger partial charge on any atom is -0.507 e. The molecule has 158 valence electrons. The van der Waals surface area contributed by atoms with Crippen LogP contribution in [0.15, 0.2) is 41.3 Å². The maximum absolute atomic E-state index is 13.5. The van der Waals surface area contributed by atoms with Crippen LogP contribution in [0.25, 0.3) is 5.82 Å². The van der Waals surface area contributed by atoms with Crippen molar-refractivity contribution in [2.45, 2.75) is 66.2 Å². The Labute approximate surface area is 178 Å². The van der Waals surface area contributed by atoms with E-state index in [-0.39, 0.29) is 5.56 Å². The van der Waals surface area contributed by atoms with Crippen LogP contribution in [0.4, 0.5) is 0 Å². The van der Waals surface area contributed by atoms with Crippen LogP contribution in [-0.4, -0.2) is 19.6 Å². The van der Waals surface area contributed by atoms with Crippen LogP contribution in [0.3, 0.4) is 0 Å². The predicted octanol–water partition coefficient (Wildman–Crippen LogP) is 4.70. The van der Waals surface area contributed by atoms with Gasteiger partial charge >= 0.3 is 0 Å². The number of benzene rings is 1. The zero-order valence-corrected chi connectivity index (χ0v) is 18.4. The van der Waals surface area contributed by atoms with E-state index >= 15 is 0 Å². The van der Waals surface area contributed by atoms with Gasteiger partial charge in [-0.3, -0.25) is 4.79 Å². The lowest BCUT2D eigenvalue weighted by atomic mass is 9.94. The Hall–Kier alpha value is -2.95. The first-order valence-corrected chi connectivity index (χ1v) is 10.9. The number of phenolic OH excluding ortho intramolecular Hbond substituents is 1. The number of phenols is 1. The molecule has 3 aromatic rings. The summed E-state index contributed by atoms with van der Waals surface area (Å²) in [7, 11) is 0. The third kappa shape index (κ3) is 4.45. The summed E-state index contributed by atoms with van der Waals surface area (Å²) in [4.78, 5) is 22.6. The molecule has 1 N–H and O–H groups in total. The largest absolute Gasteiger partial charge is 0.507 e. The first-order chi connectivity index (χ1) is 14.5. The molecule has 3 rings (SSSR count). The van der Waals surface area contributed by atoms with Crippen LogP contribution in [0, 0.1) is 6.92 Å². The highest BCUT2D eigenvalue weighted by atomic mass is 16.3. The smallest absolute Gasteiger partial charge is 0.263 e. The van der Waals surface area contributed by atoms with E-state index in [2.05, 4.69) is 18.8 Å². The topological polar surface area (TPSA) is 68.0 Å². The number of rotatable bonds is 8. The van der Waals surface area contributed by atoms with Gasteiger partial charge in [0.2, 0.25) is 0 Å². The van der Waals surface area contributed by atoms with Gasteiger partial charge in [0.1, 0.15) is 17.4 Å². The van der Waals surface area contributed by atoms with E-state index in [1.807, 2.05) is 44.2 Å². The van der Waals surface area contributed by atoms with E-state index in [1.165, 1.54) is 0 Å². The lowest BCUT2D eigenvalue weighted by molar-refractivity contribution is 0.459. The zero-order valence-electron chi connectivity index (χ0n) is 18.4. The van der Waals surface area contributed by atoms with E-state index in [4.69, 9.17) is 4.98 Å². The maximum atomic E-state index is 13.5. The fourth-order valence-corrected chi connectivity index (χ4v) is 4.00. The number of nitrogens with zero attached hydrogens (tertiary/aromatic N) is 3. The summed E-state index contributed by atoms with van der Waals surface area (Å²) in [5.41, 5.74) is 4.42. The van der Waals surface area contributed by atoms with Gasteiger partial charge in [0, 0.05) is 18.2 Å².